The Morgan fingerprint density at radius 1 is 1.30 bits per heavy atom. The zero-order valence-electron chi connectivity index (χ0n) is 13.2. The maximum atomic E-state index is 12.2. The maximum absolute atomic E-state index is 12.2. The third-order valence-electron chi connectivity index (χ3n) is 3.94. The molecule has 1 fully saturated rings. The zero-order valence-corrected chi connectivity index (χ0v) is 13.9. The molecule has 0 bridgehead atoms. The fourth-order valence-corrected chi connectivity index (χ4v) is 2.86. The van der Waals surface area contributed by atoms with E-state index in [-0.39, 0.29) is 29.1 Å². The molecule has 4 N–H and O–H groups in total. The number of halogens is 1. The Morgan fingerprint density at radius 3 is 2.65 bits per heavy atom. The molecular formula is C16H22ClN3O3. The molecule has 0 aromatic heterocycles. The van der Waals surface area contributed by atoms with Gasteiger partial charge in [-0.15, -0.1) is 0 Å². The van der Waals surface area contributed by atoms with Crippen LogP contribution in [0.5, 0.6) is 5.75 Å². The van der Waals surface area contributed by atoms with E-state index >= 15 is 0 Å². The summed E-state index contributed by atoms with van der Waals surface area (Å²) in [5.74, 6) is -0.301. The summed E-state index contributed by atoms with van der Waals surface area (Å²) in [6, 6.07) is 3.14. The van der Waals surface area contributed by atoms with Crippen molar-refractivity contribution >= 4 is 29.1 Å². The first-order valence-electron chi connectivity index (χ1n) is 7.72. The first kappa shape index (κ1) is 17.4. The van der Waals surface area contributed by atoms with Crippen molar-refractivity contribution in [3.63, 3.8) is 0 Å². The number of hydrogen-bond donors (Lipinski definition) is 3. The van der Waals surface area contributed by atoms with Gasteiger partial charge in [0.1, 0.15) is 5.75 Å². The molecule has 0 atom stereocenters. The Balaban J connectivity index is 1.91. The number of nitrogens with one attached hydrogen (secondary N) is 2. The van der Waals surface area contributed by atoms with Crippen LogP contribution in [0.1, 0.15) is 42.5 Å². The van der Waals surface area contributed by atoms with E-state index in [1.54, 1.807) is 0 Å². The van der Waals surface area contributed by atoms with Gasteiger partial charge in [-0.25, -0.2) is 0 Å². The summed E-state index contributed by atoms with van der Waals surface area (Å²) < 4.78 is 5.13. The van der Waals surface area contributed by atoms with Crippen molar-refractivity contribution < 1.29 is 14.3 Å². The molecule has 1 aromatic rings. The van der Waals surface area contributed by atoms with E-state index in [0.29, 0.717) is 11.4 Å². The minimum absolute atomic E-state index is 0.0829. The summed E-state index contributed by atoms with van der Waals surface area (Å²) in [5, 5.41) is 5.79. The molecule has 0 heterocycles. The molecule has 1 aromatic carbocycles. The summed E-state index contributed by atoms with van der Waals surface area (Å²) in [6.07, 6.45) is 5.50. The van der Waals surface area contributed by atoms with Gasteiger partial charge in [0.05, 0.1) is 29.9 Å². The van der Waals surface area contributed by atoms with E-state index in [0.717, 1.165) is 25.7 Å². The lowest BCUT2D eigenvalue weighted by Gasteiger charge is -2.22. The van der Waals surface area contributed by atoms with E-state index in [9.17, 15) is 9.59 Å². The number of ether oxygens (including phenoxy) is 1. The predicted octanol–water partition coefficient (Wildman–Crippen LogP) is 2.11. The molecule has 0 saturated heterocycles. The highest BCUT2D eigenvalue weighted by Gasteiger charge is 2.18. The van der Waals surface area contributed by atoms with E-state index in [1.165, 1.54) is 25.7 Å². The van der Waals surface area contributed by atoms with Gasteiger partial charge in [-0.2, -0.15) is 0 Å². The van der Waals surface area contributed by atoms with Crippen molar-refractivity contribution in [2.75, 3.05) is 19.4 Å². The Kier molecular flexibility index (Phi) is 6.10. The number of anilines is 1. The molecule has 1 aliphatic carbocycles. The van der Waals surface area contributed by atoms with Crippen molar-refractivity contribution in [2.45, 2.75) is 38.1 Å². The summed E-state index contributed by atoms with van der Waals surface area (Å²) >= 11 is 5.94. The number of carbonyl (C=O) groups is 2. The molecule has 0 radical (unpaired) electrons. The van der Waals surface area contributed by atoms with Crippen molar-refractivity contribution in [2.24, 2.45) is 0 Å². The molecule has 2 rings (SSSR count). The van der Waals surface area contributed by atoms with E-state index in [4.69, 9.17) is 22.1 Å². The highest BCUT2D eigenvalue weighted by Crippen LogP contribution is 2.28. The van der Waals surface area contributed by atoms with Gasteiger partial charge in [0.25, 0.3) is 5.91 Å². The second kappa shape index (κ2) is 8.06. The smallest absolute Gasteiger partial charge is 0.255 e. The van der Waals surface area contributed by atoms with Crippen molar-refractivity contribution in [1.82, 2.24) is 10.6 Å². The van der Waals surface area contributed by atoms with Crippen LogP contribution in [0, 0.1) is 0 Å². The summed E-state index contributed by atoms with van der Waals surface area (Å²) in [5.41, 5.74) is 6.26. The van der Waals surface area contributed by atoms with Gasteiger partial charge < -0.3 is 21.1 Å². The van der Waals surface area contributed by atoms with E-state index in [2.05, 4.69) is 10.6 Å². The van der Waals surface area contributed by atoms with Gasteiger partial charge >= 0.3 is 0 Å². The average molecular weight is 340 g/mol. The lowest BCUT2D eigenvalue weighted by Crippen LogP contribution is -2.42. The molecule has 7 heteroatoms. The average Bonchev–Trinajstić information content (AvgIpc) is 2.55. The van der Waals surface area contributed by atoms with Crippen LogP contribution in [0.3, 0.4) is 0 Å². The van der Waals surface area contributed by atoms with Crippen LogP contribution in [0.4, 0.5) is 5.69 Å². The minimum atomic E-state index is -0.428. The van der Waals surface area contributed by atoms with Crippen molar-refractivity contribution in [3.05, 3.63) is 22.7 Å². The number of rotatable bonds is 5. The summed E-state index contributed by atoms with van der Waals surface area (Å²) in [6.45, 7) is -0.0829. The highest BCUT2D eigenvalue weighted by atomic mass is 35.5. The first-order valence-corrected chi connectivity index (χ1v) is 8.09. The minimum Gasteiger partial charge on any atom is -0.496 e. The quantitative estimate of drug-likeness (QED) is 0.716. The lowest BCUT2D eigenvalue weighted by molar-refractivity contribution is -0.121. The number of carbonyl (C=O) groups excluding carboxylic acids is 2. The fourth-order valence-electron chi connectivity index (χ4n) is 2.70. The molecule has 1 saturated carbocycles. The number of nitrogen functional groups attached to an aromatic ring is 1. The first-order chi connectivity index (χ1) is 11.0. The molecule has 23 heavy (non-hydrogen) atoms. The van der Waals surface area contributed by atoms with Crippen LogP contribution < -0.4 is 21.1 Å². The fraction of sp³-hybridized carbons (Fsp3) is 0.500. The predicted molar refractivity (Wildman–Crippen MR) is 89.8 cm³/mol. The third-order valence-corrected chi connectivity index (χ3v) is 4.27. The lowest BCUT2D eigenvalue weighted by atomic mass is 9.95. The summed E-state index contributed by atoms with van der Waals surface area (Å²) in [7, 11) is 1.44. The number of hydrogen-bond acceptors (Lipinski definition) is 4. The molecular weight excluding hydrogens is 318 g/mol. The van der Waals surface area contributed by atoms with Gasteiger partial charge in [-0.1, -0.05) is 30.9 Å². The van der Waals surface area contributed by atoms with Crippen LogP contribution in [-0.2, 0) is 4.79 Å². The standard InChI is InChI=1S/C16H22ClN3O3/c1-23-14-8-13(18)12(17)7-11(14)16(22)19-9-15(21)20-10-5-3-2-4-6-10/h7-8,10H,2-6,9,18H2,1H3,(H,19,22)(H,20,21). The summed E-state index contributed by atoms with van der Waals surface area (Å²) in [4.78, 5) is 24.1. The zero-order chi connectivity index (χ0) is 16.8. The number of nitrogens with two attached hydrogens (primary N) is 1. The Hall–Kier alpha value is -1.95. The molecule has 2 amide bonds. The number of benzene rings is 1. The molecule has 6 nitrogen and oxygen atoms in total. The normalized spacial score (nSPS) is 15.0. The second-order valence-electron chi connectivity index (χ2n) is 5.66. The SMILES string of the molecule is COc1cc(N)c(Cl)cc1C(=O)NCC(=O)NC1CCCCC1. The monoisotopic (exact) mass is 339 g/mol. The van der Waals surface area contributed by atoms with Gasteiger partial charge in [0.2, 0.25) is 5.91 Å². The van der Waals surface area contributed by atoms with Gasteiger partial charge in [-0.3, -0.25) is 9.59 Å². The van der Waals surface area contributed by atoms with Crippen LogP contribution in [0.15, 0.2) is 12.1 Å². The maximum Gasteiger partial charge on any atom is 0.255 e. The second-order valence-corrected chi connectivity index (χ2v) is 6.07. The molecule has 1 aliphatic rings. The molecule has 0 spiro atoms. The van der Waals surface area contributed by atoms with Crippen LogP contribution in [0.25, 0.3) is 0 Å². The third kappa shape index (κ3) is 4.76. The van der Waals surface area contributed by atoms with Gasteiger partial charge in [0.15, 0.2) is 0 Å². The van der Waals surface area contributed by atoms with E-state index < -0.39 is 5.91 Å². The van der Waals surface area contributed by atoms with E-state index in [1.807, 2.05) is 0 Å². The topological polar surface area (TPSA) is 93.4 Å². The van der Waals surface area contributed by atoms with Crippen molar-refractivity contribution in [3.8, 4) is 5.75 Å². The molecule has 126 valence electrons. The highest BCUT2D eigenvalue weighted by molar-refractivity contribution is 6.33. The van der Waals surface area contributed by atoms with Crippen LogP contribution >= 0.6 is 11.6 Å². The van der Waals surface area contributed by atoms with Crippen molar-refractivity contribution in [1.29, 1.82) is 0 Å². The van der Waals surface area contributed by atoms with Crippen LogP contribution in [0.2, 0.25) is 5.02 Å². The Bertz CT molecular complexity index is 586. The number of amides is 2. The largest absolute Gasteiger partial charge is 0.496 e. The van der Waals surface area contributed by atoms with Gasteiger partial charge in [-0.05, 0) is 18.9 Å². The van der Waals surface area contributed by atoms with Gasteiger partial charge in [0, 0.05) is 12.1 Å². The Labute approximate surface area is 140 Å². The Morgan fingerprint density at radius 2 is 2.00 bits per heavy atom. The van der Waals surface area contributed by atoms with Crippen LogP contribution in [-0.4, -0.2) is 31.5 Å². The molecule has 0 unspecified atom stereocenters. The molecule has 0 aliphatic heterocycles. The number of methoxy groups -OCH3 is 1.